The minimum atomic E-state index is -0.516. The fourth-order valence-corrected chi connectivity index (χ4v) is 2.39. The van der Waals surface area contributed by atoms with Crippen molar-refractivity contribution in [1.29, 1.82) is 0 Å². The Labute approximate surface area is 146 Å². The topological polar surface area (TPSA) is 51.2 Å². The van der Waals surface area contributed by atoms with Crippen LogP contribution in [0.15, 0.2) is 24.3 Å². The van der Waals surface area contributed by atoms with Crippen molar-refractivity contribution < 1.29 is 19.3 Å². The van der Waals surface area contributed by atoms with Crippen LogP contribution >= 0.6 is 0 Å². The molecule has 0 aliphatic carbocycles. The standard InChI is InChI=1S/C19H33NO4/c1-19(2,3)24-15-17(21)14-20(10-7-11-22-4)13-16-8-6-9-18(12-16)23-5/h6,8-9,12,17,21H,7,10-11,13-15H2,1-5H3/t17-/m0/s1. The number of ether oxygens (including phenoxy) is 3. The number of aliphatic hydroxyl groups is 1. The van der Waals surface area contributed by atoms with Gasteiger partial charge in [-0.15, -0.1) is 0 Å². The molecule has 138 valence electrons. The van der Waals surface area contributed by atoms with Crippen LogP contribution in [0.3, 0.4) is 0 Å². The Morgan fingerprint density at radius 1 is 1.21 bits per heavy atom. The Kier molecular flexibility index (Phi) is 9.29. The van der Waals surface area contributed by atoms with E-state index in [-0.39, 0.29) is 5.60 Å². The average molecular weight is 339 g/mol. The van der Waals surface area contributed by atoms with E-state index in [1.54, 1.807) is 14.2 Å². The minimum Gasteiger partial charge on any atom is -0.497 e. The van der Waals surface area contributed by atoms with E-state index in [1.165, 1.54) is 0 Å². The van der Waals surface area contributed by atoms with Crippen molar-refractivity contribution in [3.05, 3.63) is 29.8 Å². The fraction of sp³-hybridized carbons (Fsp3) is 0.684. The van der Waals surface area contributed by atoms with Gasteiger partial charge in [0.1, 0.15) is 5.75 Å². The predicted octanol–water partition coefficient (Wildman–Crippen LogP) is 2.71. The number of aliphatic hydroxyl groups excluding tert-OH is 1. The lowest BCUT2D eigenvalue weighted by molar-refractivity contribution is -0.0569. The van der Waals surface area contributed by atoms with Gasteiger partial charge in [-0.1, -0.05) is 12.1 Å². The minimum absolute atomic E-state index is 0.241. The molecule has 0 aliphatic heterocycles. The molecular formula is C19H33NO4. The van der Waals surface area contributed by atoms with E-state index >= 15 is 0 Å². The van der Waals surface area contributed by atoms with E-state index in [0.717, 1.165) is 30.8 Å². The van der Waals surface area contributed by atoms with Gasteiger partial charge in [0.05, 0.1) is 25.4 Å². The van der Waals surface area contributed by atoms with Gasteiger partial charge in [0, 0.05) is 33.4 Å². The second-order valence-corrected chi connectivity index (χ2v) is 7.01. The van der Waals surface area contributed by atoms with Crippen LogP contribution < -0.4 is 4.74 Å². The third kappa shape index (κ3) is 9.23. The summed E-state index contributed by atoms with van der Waals surface area (Å²) >= 11 is 0. The van der Waals surface area contributed by atoms with Crippen molar-refractivity contribution >= 4 is 0 Å². The van der Waals surface area contributed by atoms with Crippen molar-refractivity contribution in [3.8, 4) is 5.75 Å². The molecule has 5 heteroatoms. The summed E-state index contributed by atoms with van der Waals surface area (Å²) in [7, 11) is 3.38. The number of nitrogens with zero attached hydrogens (tertiary/aromatic N) is 1. The Morgan fingerprint density at radius 2 is 1.96 bits per heavy atom. The van der Waals surface area contributed by atoms with Crippen LogP contribution in [0.2, 0.25) is 0 Å². The predicted molar refractivity (Wildman–Crippen MR) is 96.5 cm³/mol. The smallest absolute Gasteiger partial charge is 0.119 e. The van der Waals surface area contributed by atoms with Crippen LogP contribution in [0.25, 0.3) is 0 Å². The maximum absolute atomic E-state index is 10.3. The number of hydrogen-bond acceptors (Lipinski definition) is 5. The summed E-state index contributed by atoms with van der Waals surface area (Å²) in [5, 5.41) is 10.3. The fourth-order valence-electron chi connectivity index (χ4n) is 2.39. The zero-order valence-corrected chi connectivity index (χ0v) is 15.7. The van der Waals surface area contributed by atoms with Crippen molar-refractivity contribution in [1.82, 2.24) is 4.90 Å². The molecule has 1 rings (SSSR count). The van der Waals surface area contributed by atoms with Gasteiger partial charge in [0.25, 0.3) is 0 Å². The molecule has 0 saturated heterocycles. The van der Waals surface area contributed by atoms with Crippen molar-refractivity contribution in [3.63, 3.8) is 0 Å². The molecule has 0 amide bonds. The monoisotopic (exact) mass is 339 g/mol. The largest absolute Gasteiger partial charge is 0.497 e. The lowest BCUT2D eigenvalue weighted by atomic mass is 10.1. The Balaban J connectivity index is 2.61. The van der Waals surface area contributed by atoms with Gasteiger partial charge in [0.15, 0.2) is 0 Å². The normalized spacial score (nSPS) is 13.3. The van der Waals surface area contributed by atoms with Gasteiger partial charge in [-0.2, -0.15) is 0 Å². The Hall–Kier alpha value is -1.14. The summed E-state index contributed by atoms with van der Waals surface area (Å²) in [6, 6.07) is 8.02. The van der Waals surface area contributed by atoms with Gasteiger partial charge < -0.3 is 19.3 Å². The summed E-state index contributed by atoms with van der Waals surface area (Å²) in [6.07, 6.45) is 0.408. The molecule has 1 aromatic carbocycles. The van der Waals surface area contributed by atoms with Crippen LogP contribution in [-0.2, 0) is 16.0 Å². The first-order chi connectivity index (χ1) is 11.3. The zero-order chi connectivity index (χ0) is 18.0. The SMILES string of the molecule is COCCCN(Cc1cccc(OC)c1)C[C@H](O)COC(C)(C)C. The maximum Gasteiger partial charge on any atom is 0.119 e. The number of methoxy groups -OCH3 is 2. The van der Waals surface area contributed by atoms with Gasteiger partial charge in [-0.3, -0.25) is 4.90 Å². The summed E-state index contributed by atoms with van der Waals surface area (Å²) < 4.78 is 16.1. The van der Waals surface area contributed by atoms with E-state index in [4.69, 9.17) is 14.2 Å². The van der Waals surface area contributed by atoms with Crippen LogP contribution in [0.4, 0.5) is 0 Å². The van der Waals surface area contributed by atoms with E-state index < -0.39 is 6.10 Å². The summed E-state index contributed by atoms with van der Waals surface area (Å²) in [5.74, 6) is 0.848. The lowest BCUT2D eigenvalue weighted by Crippen LogP contribution is -2.37. The third-order valence-electron chi connectivity index (χ3n) is 3.54. The summed E-state index contributed by atoms with van der Waals surface area (Å²) in [5.41, 5.74) is 0.921. The molecule has 0 heterocycles. The van der Waals surface area contributed by atoms with E-state index in [0.29, 0.717) is 19.8 Å². The van der Waals surface area contributed by atoms with Crippen molar-refractivity contribution in [2.24, 2.45) is 0 Å². The first-order valence-electron chi connectivity index (χ1n) is 8.50. The highest BCUT2D eigenvalue weighted by Crippen LogP contribution is 2.15. The van der Waals surface area contributed by atoms with Crippen LogP contribution in [-0.4, -0.2) is 62.2 Å². The molecule has 1 N–H and O–H groups in total. The molecule has 0 spiro atoms. The molecule has 1 atom stereocenters. The van der Waals surface area contributed by atoms with Gasteiger partial charge >= 0.3 is 0 Å². The molecule has 0 aromatic heterocycles. The molecule has 5 nitrogen and oxygen atoms in total. The summed E-state index contributed by atoms with van der Waals surface area (Å²) in [6.45, 7) is 9.21. The Morgan fingerprint density at radius 3 is 2.58 bits per heavy atom. The zero-order valence-electron chi connectivity index (χ0n) is 15.7. The van der Waals surface area contributed by atoms with Crippen LogP contribution in [0.1, 0.15) is 32.8 Å². The first-order valence-corrected chi connectivity index (χ1v) is 8.50. The molecule has 0 saturated carbocycles. The quantitative estimate of drug-likeness (QED) is 0.628. The van der Waals surface area contributed by atoms with E-state index in [1.807, 2.05) is 39.0 Å². The number of benzene rings is 1. The molecule has 0 fully saturated rings. The third-order valence-corrected chi connectivity index (χ3v) is 3.54. The summed E-state index contributed by atoms with van der Waals surface area (Å²) in [4.78, 5) is 2.23. The van der Waals surface area contributed by atoms with E-state index in [9.17, 15) is 5.11 Å². The maximum atomic E-state index is 10.3. The van der Waals surface area contributed by atoms with Gasteiger partial charge in [0.2, 0.25) is 0 Å². The van der Waals surface area contributed by atoms with Crippen molar-refractivity contribution in [2.45, 2.75) is 45.4 Å². The van der Waals surface area contributed by atoms with Gasteiger partial charge in [-0.05, 0) is 44.9 Å². The molecule has 0 aliphatic rings. The molecule has 0 unspecified atom stereocenters. The lowest BCUT2D eigenvalue weighted by Gasteiger charge is -2.27. The van der Waals surface area contributed by atoms with Crippen molar-refractivity contribution in [2.75, 3.05) is 40.5 Å². The molecule has 0 bridgehead atoms. The van der Waals surface area contributed by atoms with Gasteiger partial charge in [-0.25, -0.2) is 0 Å². The highest BCUT2D eigenvalue weighted by atomic mass is 16.5. The highest BCUT2D eigenvalue weighted by Gasteiger charge is 2.17. The number of hydrogen-bond donors (Lipinski definition) is 1. The highest BCUT2D eigenvalue weighted by molar-refractivity contribution is 5.28. The molecule has 1 aromatic rings. The molecular weight excluding hydrogens is 306 g/mol. The Bertz CT molecular complexity index is 459. The number of rotatable bonds is 11. The molecule has 24 heavy (non-hydrogen) atoms. The second kappa shape index (κ2) is 10.7. The first kappa shape index (κ1) is 20.9. The average Bonchev–Trinajstić information content (AvgIpc) is 2.52. The van der Waals surface area contributed by atoms with Crippen LogP contribution in [0.5, 0.6) is 5.75 Å². The second-order valence-electron chi connectivity index (χ2n) is 7.01. The van der Waals surface area contributed by atoms with E-state index in [2.05, 4.69) is 11.0 Å². The molecule has 0 radical (unpaired) electrons. The van der Waals surface area contributed by atoms with Crippen LogP contribution in [0, 0.1) is 0 Å².